The normalized spacial score (nSPS) is 14.7. The highest BCUT2D eigenvalue weighted by molar-refractivity contribution is 6.12. The van der Waals surface area contributed by atoms with Crippen LogP contribution in [0.3, 0.4) is 0 Å². The maximum atomic E-state index is 14.9. The molecule has 1 heterocycles. The highest BCUT2D eigenvalue weighted by Gasteiger charge is 2.46. The standard InChI is InChI=1S/C61H88N10O15/c1-36(2)44(34-38(5)52(77)66-43(57(82)83)28-31-48(75)76)69(11)56(81)50(60(6,7)8)68-55(80)51(61(9,10)40-20-15-13-16-21-40)70(12)59(85)86-35-39-24-26-41(27-25-39)64-53(78)42(22-19-32-63-58(62)84)65-54(79)49(37(3)4)67-45(72)23-17-14-18-33-71-46(73)29-30-47(71)74/h13,15-16,20-21,24-27,29-30,34,36-37,42-44,49-51H,14,17-19,22-23,28,31-33,35H2,1-12H3,(H,64,78)(H,65,79)(H,66,77)(H,67,72)(H,68,80)(H,75,76)(H,82,83)(H3,62,63,84)/b38-34+/t42-,43+,44+,49-,50+,51+/m0/s1. The van der Waals surface area contributed by atoms with Gasteiger partial charge in [0.05, 0.1) is 6.04 Å². The van der Waals surface area contributed by atoms with Crippen LogP contribution in [-0.4, -0.2) is 160 Å². The smallest absolute Gasteiger partial charge is 0.410 e. The third-order valence-electron chi connectivity index (χ3n) is 14.7. The van der Waals surface area contributed by atoms with Crippen LogP contribution < -0.4 is 37.6 Å². The van der Waals surface area contributed by atoms with Crippen LogP contribution in [0.2, 0.25) is 0 Å². The number of primary amides is 1. The van der Waals surface area contributed by atoms with E-state index in [0.717, 1.165) is 9.80 Å². The minimum absolute atomic E-state index is 0.0667. The van der Waals surface area contributed by atoms with Gasteiger partial charge in [-0.05, 0) is 79.5 Å². The number of likely N-dealkylation sites (N-methyl/N-ethyl adjacent to an activating group) is 2. The van der Waals surface area contributed by atoms with Gasteiger partial charge in [-0.25, -0.2) is 14.4 Å². The number of aliphatic carboxylic acids is 2. The van der Waals surface area contributed by atoms with Crippen molar-refractivity contribution in [2.45, 2.75) is 169 Å². The number of rotatable bonds is 33. The van der Waals surface area contributed by atoms with Crippen molar-refractivity contribution in [3.05, 3.63) is 89.5 Å². The Labute approximate surface area is 503 Å². The van der Waals surface area contributed by atoms with Crippen molar-refractivity contribution in [1.82, 2.24) is 41.3 Å². The Kier molecular flexibility index (Phi) is 27.6. The van der Waals surface area contributed by atoms with Crippen LogP contribution in [0, 0.1) is 17.3 Å². The summed E-state index contributed by atoms with van der Waals surface area (Å²) in [6.45, 7) is 17.4. The highest BCUT2D eigenvalue weighted by atomic mass is 16.6. The van der Waals surface area contributed by atoms with Crippen molar-refractivity contribution < 1.29 is 72.5 Å². The summed E-state index contributed by atoms with van der Waals surface area (Å²) in [5.41, 5.74) is 4.75. The van der Waals surface area contributed by atoms with E-state index in [1.54, 1.807) is 103 Å². The number of nitrogens with zero attached hydrogens (tertiary/aromatic N) is 3. The monoisotopic (exact) mass is 1200 g/mol. The molecule has 472 valence electrons. The second-order valence-corrected chi connectivity index (χ2v) is 23.7. The molecule has 25 heteroatoms. The maximum Gasteiger partial charge on any atom is 0.410 e. The molecule has 0 radical (unpaired) electrons. The lowest BCUT2D eigenvalue weighted by atomic mass is 9.76. The zero-order chi connectivity index (χ0) is 64.8. The molecular weight excluding hydrogens is 1110 g/mol. The number of nitrogens with two attached hydrogens (primary N) is 1. The second kappa shape index (κ2) is 33.2. The summed E-state index contributed by atoms with van der Waals surface area (Å²) >= 11 is 0. The number of hydrogen-bond donors (Lipinski definition) is 9. The average molecular weight is 1200 g/mol. The Balaban J connectivity index is 1.79. The number of carbonyl (C=O) groups is 12. The van der Waals surface area contributed by atoms with E-state index >= 15 is 0 Å². The number of imide groups is 1. The molecule has 25 nitrogen and oxygen atoms in total. The van der Waals surface area contributed by atoms with Crippen molar-refractivity contribution in [3.8, 4) is 0 Å². The summed E-state index contributed by atoms with van der Waals surface area (Å²) in [7, 11) is 2.92. The number of unbranched alkanes of at least 4 members (excludes halogenated alkanes) is 2. The summed E-state index contributed by atoms with van der Waals surface area (Å²) in [5.74, 6) is -7.72. The fraction of sp³-hybridized carbons (Fsp3) is 0.541. The van der Waals surface area contributed by atoms with E-state index in [1.807, 2.05) is 13.8 Å². The van der Waals surface area contributed by atoms with Gasteiger partial charge in [-0.15, -0.1) is 0 Å². The molecule has 3 rings (SSSR count). The molecule has 0 aliphatic carbocycles. The predicted molar refractivity (Wildman–Crippen MR) is 319 cm³/mol. The number of carboxylic acids is 2. The molecule has 0 saturated carbocycles. The number of carbonyl (C=O) groups excluding carboxylic acids is 10. The molecule has 2 aromatic rings. The lowest BCUT2D eigenvalue weighted by molar-refractivity contribution is -0.142. The first-order chi connectivity index (χ1) is 40.2. The molecule has 0 saturated heterocycles. The van der Waals surface area contributed by atoms with E-state index in [1.165, 1.54) is 44.1 Å². The van der Waals surface area contributed by atoms with Crippen molar-refractivity contribution in [3.63, 3.8) is 0 Å². The number of benzene rings is 2. The van der Waals surface area contributed by atoms with E-state index in [2.05, 4.69) is 31.9 Å². The van der Waals surface area contributed by atoms with Crippen LogP contribution in [0.25, 0.3) is 0 Å². The zero-order valence-electron chi connectivity index (χ0n) is 51.4. The summed E-state index contributed by atoms with van der Waals surface area (Å²) in [4.78, 5) is 159. The van der Waals surface area contributed by atoms with E-state index in [-0.39, 0.29) is 74.6 Å². The largest absolute Gasteiger partial charge is 0.481 e. The van der Waals surface area contributed by atoms with Gasteiger partial charge in [0.2, 0.25) is 35.4 Å². The lowest BCUT2D eigenvalue weighted by Gasteiger charge is -2.42. The Hall–Kier alpha value is -8.64. The van der Waals surface area contributed by atoms with Gasteiger partial charge in [0, 0.05) is 68.9 Å². The molecule has 0 fully saturated rings. The first-order valence-electron chi connectivity index (χ1n) is 28.7. The lowest BCUT2D eigenvalue weighted by Crippen LogP contribution is -2.63. The van der Waals surface area contributed by atoms with Crippen LogP contribution in [0.1, 0.15) is 132 Å². The van der Waals surface area contributed by atoms with Gasteiger partial charge >= 0.3 is 24.1 Å². The molecule has 11 amide bonds. The number of ether oxygens (including phenoxy) is 1. The number of carboxylic acid groups (broad SMARTS) is 2. The zero-order valence-corrected chi connectivity index (χ0v) is 51.4. The average Bonchev–Trinajstić information content (AvgIpc) is 1.28. The Bertz CT molecular complexity index is 2790. The molecule has 0 aromatic heterocycles. The minimum atomic E-state index is -1.47. The molecule has 0 bridgehead atoms. The van der Waals surface area contributed by atoms with Crippen LogP contribution in [-0.2, 0) is 64.7 Å². The molecule has 0 spiro atoms. The predicted octanol–water partition coefficient (Wildman–Crippen LogP) is 4.49. The van der Waals surface area contributed by atoms with Gasteiger partial charge < -0.3 is 57.5 Å². The summed E-state index contributed by atoms with van der Waals surface area (Å²) < 4.78 is 5.79. The Morgan fingerprint density at radius 3 is 1.86 bits per heavy atom. The second-order valence-electron chi connectivity index (χ2n) is 23.7. The van der Waals surface area contributed by atoms with Crippen molar-refractivity contribution in [1.29, 1.82) is 0 Å². The fourth-order valence-electron chi connectivity index (χ4n) is 9.59. The van der Waals surface area contributed by atoms with Crippen molar-refractivity contribution in [2.75, 3.05) is 32.5 Å². The highest BCUT2D eigenvalue weighted by Crippen LogP contribution is 2.32. The van der Waals surface area contributed by atoms with E-state index < -0.39 is 113 Å². The molecule has 1 aliphatic heterocycles. The molecule has 1 aliphatic rings. The first kappa shape index (κ1) is 71.6. The minimum Gasteiger partial charge on any atom is -0.481 e. The molecule has 6 atom stereocenters. The van der Waals surface area contributed by atoms with E-state index in [9.17, 15) is 62.6 Å². The number of hydrogen-bond acceptors (Lipinski definition) is 13. The third-order valence-corrected chi connectivity index (χ3v) is 14.7. The molecule has 86 heavy (non-hydrogen) atoms. The van der Waals surface area contributed by atoms with Crippen LogP contribution in [0.15, 0.2) is 78.4 Å². The van der Waals surface area contributed by atoms with Gasteiger partial charge in [-0.3, -0.25) is 53.0 Å². The summed E-state index contributed by atoms with van der Waals surface area (Å²) in [6, 6.07) is 7.65. The Morgan fingerprint density at radius 1 is 0.698 bits per heavy atom. The van der Waals surface area contributed by atoms with Crippen molar-refractivity contribution >= 4 is 77.0 Å². The number of amides is 11. The third kappa shape index (κ3) is 22.1. The van der Waals surface area contributed by atoms with Crippen LogP contribution >= 0.6 is 0 Å². The fourth-order valence-corrected chi connectivity index (χ4v) is 9.59. The molecule has 10 N–H and O–H groups in total. The number of urea groups is 1. The van der Waals surface area contributed by atoms with Gasteiger partial charge in [0.1, 0.15) is 36.8 Å². The maximum absolute atomic E-state index is 14.9. The molecule has 2 aromatic carbocycles. The molecular formula is C61H88N10O15. The van der Waals surface area contributed by atoms with E-state index in [0.29, 0.717) is 36.1 Å². The number of nitrogens with one attached hydrogen (secondary N) is 6. The SMILES string of the molecule is C/C(=C\[C@H](C(C)C)N(C)C(=O)[C@@H](NC(=O)[C@@H](N(C)C(=O)OCc1ccc(NC(=O)[C@H](CCCNC(N)=O)NC(=O)[C@@H](NC(=O)CCCCCN2C(=O)C=CC2=O)C(C)C)cc1)C(C)(C)c1ccccc1)C(C)(C)C)C(=O)N[C@H](CCC(=O)O)C(=O)O. The summed E-state index contributed by atoms with van der Waals surface area (Å²) in [6.07, 6.45) is 4.05. The van der Waals surface area contributed by atoms with Crippen molar-refractivity contribution in [2.24, 2.45) is 23.0 Å². The van der Waals surface area contributed by atoms with Crippen LogP contribution in [0.5, 0.6) is 0 Å². The Morgan fingerprint density at radius 2 is 1.31 bits per heavy atom. The van der Waals surface area contributed by atoms with Gasteiger partial charge in [-0.2, -0.15) is 0 Å². The van der Waals surface area contributed by atoms with Crippen LogP contribution in [0.4, 0.5) is 15.3 Å². The van der Waals surface area contributed by atoms with Gasteiger partial charge in [0.15, 0.2) is 0 Å². The topological polar surface area (TPSA) is 362 Å². The van der Waals surface area contributed by atoms with Gasteiger partial charge in [0.25, 0.3) is 11.8 Å². The van der Waals surface area contributed by atoms with E-state index in [4.69, 9.17) is 15.6 Å². The quantitative estimate of drug-likeness (QED) is 0.0270. The number of anilines is 1. The van der Waals surface area contributed by atoms with Gasteiger partial charge in [-0.1, -0.05) is 117 Å². The molecule has 0 unspecified atom stereocenters. The first-order valence-corrected chi connectivity index (χ1v) is 28.7. The summed E-state index contributed by atoms with van der Waals surface area (Å²) in [5, 5.41) is 34.7.